The molecule has 0 spiro atoms. The molecule has 1 N–H and O–H groups in total. The fourth-order valence-corrected chi connectivity index (χ4v) is 4.91. The highest BCUT2D eigenvalue weighted by Gasteiger charge is 2.31. The molecule has 1 aromatic carbocycles. The van der Waals surface area contributed by atoms with Crippen LogP contribution in [0.4, 0.5) is 0 Å². The van der Waals surface area contributed by atoms with Crippen LogP contribution in [0.25, 0.3) is 0 Å². The average molecular weight is 495 g/mol. The number of nitrogens with zero attached hydrogens (tertiary/aromatic N) is 3. The van der Waals surface area contributed by atoms with Crippen LogP contribution in [0.3, 0.4) is 0 Å². The number of benzene rings is 1. The van der Waals surface area contributed by atoms with Crippen LogP contribution in [0.1, 0.15) is 45.8 Å². The van der Waals surface area contributed by atoms with Crippen molar-refractivity contribution in [3.63, 3.8) is 0 Å². The molecule has 1 aliphatic rings. The van der Waals surface area contributed by atoms with E-state index in [4.69, 9.17) is 9.47 Å². The summed E-state index contributed by atoms with van der Waals surface area (Å²) in [7, 11) is 1.60. The van der Waals surface area contributed by atoms with Crippen LogP contribution in [0.5, 0.6) is 11.5 Å². The molecule has 1 fully saturated rings. The lowest BCUT2D eigenvalue weighted by atomic mass is 10.1. The molecule has 3 aromatic rings. The summed E-state index contributed by atoms with van der Waals surface area (Å²) < 4.78 is 11.6. The van der Waals surface area contributed by atoms with Gasteiger partial charge in [-0.05, 0) is 56.0 Å². The Kier molecular flexibility index (Phi) is 8.31. The highest BCUT2D eigenvalue weighted by molar-refractivity contribution is 7.09. The van der Waals surface area contributed by atoms with E-state index in [9.17, 15) is 9.59 Å². The van der Waals surface area contributed by atoms with Crippen LogP contribution in [-0.2, 0) is 17.8 Å². The zero-order valence-electron chi connectivity index (χ0n) is 20.0. The molecule has 35 heavy (non-hydrogen) atoms. The molecule has 1 saturated heterocycles. The number of amides is 2. The lowest BCUT2D eigenvalue weighted by Crippen LogP contribution is -2.48. The molecular formula is C26H30N4O4S. The smallest absolute Gasteiger partial charge is 0.254 e. The Morgan fingerprint density at radius 2 is 2.03 bits per heavy atom. The molecule has 0 unspecified atom stereocenters. The van der Waals surface area contributed by atoms with Crippen LogP contribution in [0, 0.1) is 6.92 Å². The second-order valence-electron chi connectivity index (χ2n) is 8.42. The summed E-state index contributed by atoms with van der Waals surface area (Å²) in [6, 6.07) is 8.45. The monoisotopic (exact) mass is 494 g/mol. The Labute approximate surface area is 209 Å². The van der Waals surface area contributed by atoms with Crippen LogP contribution in [0.15, 0.2) is 48.2 Å². The van der Waals surface area contributed by atoms with Gasteiger partial charge in [0.05, 0.1) is 24.9 Å². The molecule has 9 heteroatoms. The Balaban J connectivity index is 1.53. The Bertz CT molecular complexity index is 1150. The minimum atomic E-state index is -0.539. The third kappa shape index (κ3) is 6.16. The number of carbonyl (C=O) groups is 2. The number of thiazole rings is 1. The number of hydrogen-bond donors (Lipinski definition) is 1. The minimum absolute atomic E-state index is 0.116. The van der Waals surface area contributed by atoms with Gasteiger partial charge in [0, 0.05) is 42.3 Å². The van der Waals surface area contributed by atoms with Gasteiger partial charge in [-0.15, -0.1) is 11.3 Å². The summed E-state index contributed by atoms with van der Waals surface area (Å²) in [5.74, 6) is 0.909. The molecule has 2 aromatic heterocycles. The van der Waals surface area contributed by atoms with Crippen molar-refractivity contribution < 1.29 is 19.1 Å². The standard InChI is InChI=1S/C26H30N4O4S/c1-18-24(35-17-29-18)10-14-34-22-7-6-19(15-23(22)33-2)16-30(21-5-3-4-11-28-25(21)31)26(32)20-8-12-27-13-9-20/h6-9,12-13,15,17,21H,3-5,10-11,14,16H2,1-2H3,(H,28,31)/t21-/m0/s1. The Morgan fingerprint density at radius 1 is 1.20 bits per heavy atom. The van der Waals surface area contributed by atoms with E-state index in [-0.39, 0.29) is 18.4 Å². The fraction of sp³-hybridized carbons (Fsp3) is 0.385. The van der Waals surface area contributed by atoms with Gasteiger partial charge in [-0.3, -0.25) is 14.6 Å². The summed E-state index contributed by atoms with van der Waals surface area (Å²) >= 11 is 1.62. The van der Waals surface area contributed by atoms with Crippen molar-refractivity contribution in [2.75, 3.05) is 20.3 Å². The van der Waals surface area contributed by atoms with E-state index in [0.717, 1.165) is 30.5 Å². The van der Waals surface area contributed by atoms with E-state index in [1.807, 2.05) is 30.6 Å². The summed E-state index contributed by atoms with van der Waals surface area (Å²) in [5.41, 5.74) is 4.23. The molecule has 4 rings (SSSR count). The summed E-state index contributed by atoms with van der Waals surface area (Å²) in [6.45, 7) is 3.41. The predicted molar refractivity (Wildman–Crippen MR) is 134 cm³/mol. The van der Waals surface area contributed by atoms with E-state index in [1.165, 1.54) is 4.88 Å². The maximum absolute atomic E-state index is 13.5. The first-order valence-electron chi connectivity index (χ1n) is 11.7. The van der Waals surface area contributed by atoms with Crippen molar-refractivity contribution in [2.45, 2.75) is 45.2 Å². The third-order valence-electron chi connectivity index (χ3n) is 6.08. The predicted octanol–water partition coefficient (Wildman–Crippen LogP) is 3.79. The molecule has 2 amide bonds. The molecule has 0 saturated carbocycles. The lowest BCUT2D eigenvalue weighted by Gasteiger charge is -2.30. The number of carbonyl (C=O) groups excluding carboxylic acids is 2. The van der Waals surface area contributed by atoms with E-state index in [1.54, 1.807) is 47.9 Å². The highest BCUT2D eigenvalue weighted by Crippen LogP contribution is 2.30. The highest BCUT2D eigenvalue weighted by atomic mass is 32.1. The van der Waals surface area contributed by atoms with Crippen LogP contribution in [-0.4, -0.2) is 53.0 Å². The van der Waals surface area contributed by atoms with Crippen LogP contribution >= 0.6 is 11.3 Å². The number of hydrogen-bond acceptors (Lipinski definition) is 7. The van der Waals surface area contributed by atoms with Crippen molar-refractivity contribution in [2.24, 2.45) is 0 Å². The number of nitrogens with one attached hydrogen (secondary N) is 1. The summed E-state index contributed by atoms with van der Waals surface area (Å²) in [6.07, 6.45) is 6.34. The third-order valence-corrected chi connectivity index (χ3v) is 7.08. The van der Waals surface area contributed by atoms with E-state index in [0.29, 0.717) is 36.6 Å². The quantitative estimate of drug-likeness (QED) is 0.487. The van der Waals surface area contributed by atoms with E-state index in [2.05, 4.69) is 15.3 Å². The van der Waals surface area contributed by atoms with E-state index < -0.39 is 6.04 Å². The van der Waals surface area contributed by atoms with Gasteiger partial charge in [0.25, 0.3) is 5.91 Å². The van der Waals surface area contributed by atoms with Crippen molar-refractivity contribution in [1.29, 1.82) is 0 Å². The molecule has 0 aliphatic carbocycles. The first-order chi connectivity index (χ1) is 17.1. The topological polar surface area (TPSA) is 93.7 Å². The van der Waals surface area contributed by atoms with Crippen molar-refractivity contribution in [3.8, 4) is 11.5 Å². The summed E-state index contributed by atoms with van der Waals surface area (Å²) in [5, 5.41) is 2.94. The molecule has 1 atom stereocenters. The largest absolute Gasteiger partial charge is 0.493 e. The normalized spacial score (nSPS) is 15.7. The number of ether oxygens (including phenoxy) is 2. The Morgan fingerprint density at radius 3 is 2.77 bits per heavy atom. The van der Waals surface area contributed by atoms with E-state index >= 15 is 0 Å². The zero-order chi connectivity index (χ0) is 24.6. The van der Waals surface area contributed by atoms with Gasteiger partial charge in [0.15, 0.2) is 11.5 Å². The molecular weight excluding hydrogens is 464 g/mol. The number of pyridine rings is 1. The number of methoxy groups -OCH3 is 1. The molecule has 1 aliphatic heterocycles. The maximum Gasteiger partial charge on any atom is 0.254 e. The number of aryl methyl sites for hydroxylation is 1. The number of rotatable bonds is 9. The fourth-order valence-electron chi connectivity index (χ4n) is 4.15. The van der Waals surface area contributed by atoms with Gasteiger partial charge in [0.2, 0.25) is 5.91 Å². The van der Waals surface area contributed by atoms with Gasteiger partial charge < -0.3 is 19.7 Å². The van der Waals surface area contributed by atoms with Crippen LogP contribution < -0.4 is 14.8 Å². The number of aromatic nitrogens is 2. The first-order valence-corrected chi connectivity index (χ1v) is 12.6. The average Bonchev–Trinajstić information content (AvgIpc) is 3.17. The van der Waals surface area contributed by atoms with Gasteiger partial charge >= 0.3 is 0 Å². The van der Waals surface area contributed by atoms with Crippen LogP contribution in [0.2, 0.25) is 0 Å². The first kappa shape index (κ1) is 24.7. The Hall–Kier alpha value is -3.46. The molecule has 184 valence electrons. The molecule has 8 nitrogen and oxygen atoms in total. The molecule has 0 radical (unpaired) electrons. The van der Waals surface area contributed by atoms with Crippen molar-refractivity contribution in [1.82, 2.24) is 20.2 Å². The minimum Gasteiger partial charge on any atom is -0.493 e. The SMILES string of the molecule is COc1cc(CN(C(=O)c2ccncc2)[C@H]2CCCCNC2=O)ccc1OCCc1scnc1C. The zero-order valence-corrected chi connectivity index (χ0v) is 20.8. The second kappa shape index (κ2) is 11.8. The van der Waals surface area contributed by atoms with Gasteiger partial charge in [-0.1, -0.05) is 6.07 Å². The van der Waals surface area contributed by atoms with Gasteiger partial charge in [-0.25, -0.2) is 4.98 Å². The lowest BCUT2D eigenvalue weighted by molar-refractivity contribution is -0.125. The summed E-state index contributed by atoms with van der Waals surface area (Å²) in [4.78, 5) is 37.4. The second-order valence-corrected chi connectivity index (χ2v) is 9.36. The van der Waals surface area contributed by atoms with Crippen molar-refractivity contribution in [3.05, 3.63) is 69.9 Å². The van der Waals surface area contributed by atoms with Gasteiger partial charge in [-0.2, -0.15) is 0 Å². The maximum atomic E-state index is 13.5. The molecule has 0 bridgehead atoms. The molecule has 3 heterocycles. The van der Waals surface area contributed by atoms with Gasteiger partial charge in [0.1, 0.15) is 6.04 Å². The van der Waals surface area contributed by atoms with Crippen molar-refractivity contribution >= 4 is 23.2 Å².